The van der Waals surface area contributed by atoms with Crippen molar-refractivity contribution in [3.05, 3.63) is 107 Å². The number of alkyl halides is 1. The van der Waals surface area contributed by atoms with Gasteiger partial charge in [-0.25, -0.2) is 0 Å². The van der Waals surface area contributed by atoms with E-state index >= 15 is 0 Å². The Labute approximate surface area is 411 Å². The molecule has 67 heavy (non-hydrogen) atoms. The van der Waals surface area contributed by atoms with Crippen LogP contribution >= 0.6 is 22.6 Å². The van der Waals surface area contributed by atoms with Crippen molar-refractivity contribution in [2.75, 3.05) is 64.6 Å². The van der Waals surface area contributed by atoms with Crippen LogP contribution in [0.1, 0.15) is 124 Å². The van der Waals surface area contributed by atoms with Crippen molar-refractivity contribution < 1.29 is 47.9 Å². The third-order valence-corrected chi connectivity index (χ3v) is 12.8. The molecule has 0 saturated carbocycles. The van der Waals surface area contributed by atoms with Crippen molar-refractivity contribution in [3.8, 4) is 34.5 Å². The van der Waals surface area contributed by atoms with E-state index in [1.54, 1.807) is 38.5 Å². The van der Waals surface area contributed by atoms with Crippen molar-refractivity contribution >= 4 is 34.4 Å². The topological polar surface area (TPSA) is 125 Å². The number of halogens is 1. The van der Waals surface area contributed by atoms with Crippen molar-refractivity contribution in [2.24, 2.45) is 0 Å². The van der Waals surface area contributed by atoms with Gasteiger partial charge in [0, 0.05) is 81.4 Å². The number of ether oxygens (including phenoxy) is 7. The number of piperidine rings is 2. The highest BCUT2D eigenvalue weighted by Crippen LogP contribution is 2.47. The number of nitrogens with zero attached hydrogens (tertiary/aromatic N) is 2. The molecule has 2 amide bonds. The van der Waals surface area contributed by atoms with Crippen molar-refractivity contribution in [3.63, 3.8) is 0 Å². The Morgan fingerprint density at radius 1 is 0.657 bits per heavy atom. The third kappa shape index (κ3) is 12.9. The summed E-state index contributed by atoms with van der Waals surface area (Å²) < 4.78 is 42.4. The Morgan fingerprint density at radius 3 is 1.45 bits per heavy atom. The van der Waals surface area contributed by atoms with E-state index in [0.29, 0.717) is 79.4 Å². The van der Waals surface area contributed by atoms with Gasteiger partial charge in [0.15, 0.2) is 23.0 Å². The molecule has 2 unspecified atom stereocenters. The van der Waals surface area contributed by atoms with Gasteiger partial charge in [0.25, 0.3) is 11.8 Å². The van der Waals surface area contributed by atoms with Gasteiger partial charge in [0.2, 0.25) is 0 Å². The van der Waals surface area contributed by atoms with E-state index in [4.69, 9.17) is 33.2 Å². The number of hydrogen-bond donors (Lipinski definition) is 1. The van der Waals surface area contributed by atoms with E-state index in [1.807, 2.05) is 86.9 Å². The number of fused-ring (bicyclic) bond motifs is 2. The zero-order chi connectivity index (χ0) is 48.1. The summed E-state index contributed by atoms with van der Waals surface area (Å²) in [6.07, 6.45) is 4.86. The molecule has 0 aromatic heterocycles. The number of likely N-dealkylation sites (tertiary alicyclic amines) is 2. The first-order chi connectivity index (χ1) is 32.3. The van der Waals surface area contributed by atoms with Gasteiger partial charge >= 0.3 is 0 Å². The minimum Gasteiger partial charge on any atom is -0.493 e. The lowest BCUT2D eigenvalue weighted by atomic mass is 9.77. The molecule has 4 aliphatic heterocycles. The van der Waals surface area contributed by atoms with Crippen LogP contribution in [0.3, 0.4) is 0 Å². The second kappa shape index (κ2) is 24.0. The van der Waals surface area contributed by atoms with Gasteiger partial charge in [-0.15, -0.1) is 0 Å². The average Bonchev–Trinajstić information content (AvgIpc) is 3.33. The van der Waals surface area contributed by atoms with Crippen molar-refractivity contribution in [1.82, 2.24) is 9.80 Å². The first-order valence-electron chi connectivity index (χ1n) is 23.9. The maximum atomic E-state index is 13.2. The second-order valence-electron chi connectivity index (χ2n) is 18.2. The molecule has 0 aliphatic carbocycles. The molecule has 4 aromatic rings. The first-order valence-corrected chi connectivity index (χ1v) is 25.4. The molecule has 2 saturated heterocycles. The molecule has 13 heteroatoms. The molecule has 4 aromatic carbocycles. The summed E-state index contributed by atoms with van der Waals surface area (Å²) in [5.41, 5.74) is 2.93. The highest BCUT2D eigenvalue weighted by molar-refractivity contribution is 14.1. The third-order valence-electron chi connectivity index (χ3n) is 12.8. The van der Waals surface area contributed by atoms with Crippen LogP contribution in [-0.2, 0) is 4.74 Å². The maximum absolute atomic E-state index is 13.2. The van der Waals surface area contributed by atoms with Crippen LogP contribution < -0.4 is 28.4 Å². The van der Waals surface area contributed by atoms with Gasteiger partial charge in [-0.2, -0.15) is 0 Å². The predicted octanol–water partition coefficient (Wildman–Crippen LogP) is 10.5. The van der Waals surface area contributed by atoms with E-state index in [-0.39, 0.29) is 47.7 Å². The Kier molecular flexibility index (Phi) is 18.5. The minimum absolute atomic E-state index is 0.0147. The zero-order valence-corrected chi connectivity index (χ0v) is 42.8. The van der Waals surface area contributed by atoms with Gasteiger partial charge in [0.1, 0.15) is 22.7 Å². The van der Waals surface area contributed by atoms with Gasteiger partial charge in [-0.05, 0) is 112 Å². The lowest BCUT2D eigenvalue weighted by molar-refractivity contribution is -0.0272. The Hall–Kier alpha value is -4.73. The predicted molar refractivity (Wildman–Crippen MR) is 270 cm³/mol. The van der Waals surface area contributed by atoms with Gasteiger partial charge in [-0.3, -0.25) is 9.59 Å². The smallest absolute Gasteiger partial charge is 0.253 e. The number of carbonyl (C=O) groups excluding carboxylic acids is 2. The van der Waals surface area contributed by atoms with Crippen LogP contribution in [0.5, 0.6) is 34.5 Å². The molecule has 8 rings (SSSR count). The number of methoxy groups -OCH3 is 2. The van der Waals surface area contributed by atoms with Crippen molar-refractivity contribution in [1.29, 1.82) is 0 Å². The van der Waals surface area contributed by atoms with Crippen LogP contribution in [0.15, 0.2) is 84.9 Å². The fraction of sp³-hybridized carbons (Fsp3) is 0.519. The Bertz CT molecular complexity index is 2230. The second-order valence-corrected chi connectivity index (χ2v) is 19.7. The highest BCUT2D eigenvalue weighted by Gasteiger charge is 2.45. The fourth-order valence-corrected chi connectivity index (χ4v) is 9.58. The standard InChI is InChI=1S/C27H35NO5.C25H31NO5.C2H5I/c1-5-31-18-21-17-27(33-23-9-7-6-8-22(21)23)12-14-28(15-13-27)26(29)20-10-11-24(32-19(2)3)25(16-20)30-4;1-17(2)30-22-9-8-18(14-23(22)29-3)24(28)26-12-10-25(11-13-26)15-19(16-27)20-6-4-5-7-21(20)31-25;1-2-3/h6-11,16,19,21H,5,12-15,17-18H2,1-4H3;4-9,14,17,19,27H,10-13,15-16H2,1-3H3;2H2,1H3. The lowest BCUT2D eigenvalue weighted by Gasteiger charge is -2.47. The molecular weight excluding hydrogens is 964 g/mol. The largest absolute Gasteiger partial charge is 0.493 e. The number of carbonyl (C=O) groups is 2. The molecular formula is C54H71IN2O10. The first kappa shape index (κ1) is 51.7. The molecule has 0 radical (unpaired) electrons. The number of amides is 2. The normalized spacial score (nSPS) is 18.8. The van der Waals surface area contributed by atoms with Crippen LogP contribution in [0.2, 0.25) is 0 Å². The molecule has 2 atom stereocenters. The molecule has 4 aliphatic rings. The molecule has 2 spiro atoms. The Balaban J connectivity index is 0.000000209. The number of para-hydroxylation sites is 2. The van der Waals surface area contributed by atoms with E-state index < -0.39 is 0 Å². The summed E-state index contributed by atoms with van der Waals surface area (Å²) in [5, 5.41) is 9.92. The van der Waals surface area contributed by atoms with E-state index in [0.717, 1.165) is 55.6 Å². The fourth-order valence-electron chi connectivity index (χ4n) is 9.58. The lowest BCUT2D eigenvalue weighted by Crippen LogP contribution is -2.52. The summed E-state index contributed by atoms with van der Waals surface area (Å²) in [4.78, 5) is 30.2. The number of rotatable bonds is 12. The summed E-state index contributed by atoms with van der Waals surface area (Å²) in [7, 11) is 3.18. The Morgan fingerprint density at radius 2 is 1.06 bits per heavy atom. The molecule has 2 fully saturated rings. The maximum Gasteiger partial charge on any atom is 0.253 e. The number of aliphatic hydroxyl groups is 1. The van der Waals surface area contributed by atoms with Gasteiger partial charge in [-0.1, -0.05) is 65.9 Å². The molecule has 12 nitrogen and oxygen atoms in total. The van der Waals surface area contributed by atoms with Crippen molar-refractivity contribution in [2.45, 2.75) is 115 Å². The molecule has 4 heterocycles. The molecule has 0 bridgehead atoms. The summed E-state index contributed by atoms with van der Waals surface area (Å²) in [6.45, 7) is 16.0. The van der Waals surface area contributed by atoms with Crippen LogP contribution in [0, 0.1) is 0 Å². The zero-order valence-electron chi connectivity index (χ0n) is 40.7. The summed E-state index contributed by atoms with van der Waals surface area (Å²) in [6, 6.07) is 27.0. The molecule has 364 valence electrons. The van der Waals surface area contributed by atoms with Gasteiger partial charge < -0.3 is 48.1 Å². The highest BCUT2D eigenvalue weighted by atomic mass is 127. The molecule has 1 N–H and O–H groups in total. The SMILES string of the molecule is CCI.CCOCC1CC2(CCN(C(=O)c3ccc(OC(C)C)c(OC)c3)CC2)Oc2ccccc21.COc1cc(C(=O)N2CCC3(CC2)CC(CO)c2ccccc2O3)ccc1OC(C)C. The van der Waals surface area contributed by atoms with Crippen LogP contribution in [0.4, 0.5) is 0 Å². The number of hydrogen-bond acceptors (Lipinski definition) is 10. The minimum atomic E-state index is -0.328. The number of aliphatic hydroxyl groups excluding tert-OH is 1. The van der Waals surface area contributed by atoms with Crippen LogP contribution in [-0.4, -0.2) is 115 Å². The summed E-state index contributed by atoms with van der Waals surface area (Å²) >= 11 is 2.29. The van der Waals surface area contributed by atoms with E-state index in [9.17, 15) is 14.7 Å². The van der Waals surface area contributed by atoms with E-state index in [1.165, 1.54) is 9.99 Å². The van der Waals surface area contributed by atoms with Gasteiger partial charge in [0.05, 0.1) is 39.6 Å². The number of benzene rings is 4. The average molecular weight is 1040 g/mol. The monoisotopic (exact) mass is 1030 g/mol. The quantitative estimate of drug-likeness (QED) is 0.108. The van der Waals surface area contributed by atoms with Crippen LogP contribution in [0.25, 0.3) is 0 Å². The van der Waals surface area contributed by atoms with E-state index in [2.05, 4.69) is 47.7 Å². The summed E-state index contributed by atoms with van der Waals surface area (Å²) in [5.74, 6) is 4.63.